The normalized spacial score (nSPS) is 18.0. The van der Waals surface area contributed by atoms with Crippen molar-refractivity contribution in [2.24, 2.45) is 11.8 Å². The number of fused-ring (bicyclic) bond motifs is 2. The molecule has 0 aliphatic heterocycles. The van der Waals surface area contributed by atoms with E-state index in [9.17, 15) is 0 Å². The fourth-order valence-corrected chi connectivity index (χ4v) is 39.8. The number of allylic oxidation sites excluding steroid dienone is 2. The summed E-state index contributed by atoms with van der Waals surface area (Å²) in [5.41, 5.74) is 13.0. The van der Waals surface area contributed by atoms with Crippen molar-refractivity contribution in [2.45, 2.75) is 60.9 Å². The summed E-state index contributed by atoms with van der Waals surface area (Å²) < 4.78 is 11.1. The summed E-state index contributed by atoms with van der Waals surface area (Å²) in [6, 6.07) is 30.5. The topological polar surface area (TPSA) is 18.5 Å². The van der Waals surface area contributed by atoms with Gasteiger partial charge in [-0.25, -0.2) is 0 Å². The molecule has 2 nitrogen and oxygen atoms in total. The van der Waals surface area contributed by atoms with E-state index in [1.165, 1.54) is 55.7 Å². The molecule has 0 heterocycles. The Hall–Kier alpha value is -2.36. The SMILES string of the molecule is COc1ccc(-c2cccc3c2C=C(CC(C)C)[CH]3[Zr]([Cl])([Cl])([CH]2C(CC(C)C)=Cc3c(-c4ccc(OC)cc4)cccc32)[SiH](C)C)cc1. The van der Waals surface area contributed by atoms with Crippen molar-refractivity contribution < 1.29 is 25.0 Å². The Bertz CT molecular complexity index is 1740. The molecule has 0 spiro atoms. The van der Waals surface area contributed by atoms with Crippen molar-refractivity contribution >= 4 is 35.1 Å². The summed E-state index contributed by atoms with van der Waals surface area (Å²) in [4.78, 5) is 0. The van der Waals surface area contributed by atoms with Crippen LogP contribution in [-0.4, -0.2) is 20.1 Å². The molecule has 251 valence electrons. The number of hydrogen-bond acceptors (Lipinski definition) is 2. The molecule has 0 bridgehead atoms. The van der Waals surface area contributed by atoms with E-state index >= 15 is 0 Å². The van der Waals surface area contributed by atoms with E-state index in [0.29, 0.717) is 11.8 Å². The second-order valence-corrected chi connectivity index (χ2v) is 57.5. The Labute approximate surface area is 297 Å². The van der Waals surface area contributed by atoms with Gasteiger partial charge in [0.2, 0.25) is 0 Å². The molecule has 0 radical (unpaired) electrons. The van der Waals surface area contributed by atoms with Gasteiger partial charge in [-0.2, -0.15) is 0 Å². The second-order valence-electron chi connectivity index (χ2n) is 15.0. The molecule has 2 aliphatic carbocycles. The minimum absolute atomic E-state index is 0.0631. The molecule has 0 saturated carbocycles. The molecule has 6 heteroatoms. The van der Waals surface area contributed by atoms with E-state index in [0.717, 1.165) is 24.3 Å². The molecule has 2 unspecified atom stereocenters. The van der Waals surface area contributed by atoms with Crippen LogP contribution in [0.1, 0.15) is 70.0 Å². The number of hydrogen-bond donors (Lipinski definition) is 0. The first kappa shape index (κ1) is 35.5. The fraction of sp³-hybridized carbons (Fsp3) is 0.333. The van der Waals surface area contributed by atoms with E-state index < -0.39 is 21.5 Å². The number of ether oxygens (including phenoxy) is 2. The van der Waals surface area contributed by atoms with Gasteiger partial charge in [-0.15, -0.1) is 0 Å². The summed E-state index contributed by atoms with van der Waals surface area (Å²) in [5.74, 6) is 1.02. The summed E-state index contributed by atoms with van der Waals surface area (Å²) >= 11 is -4.92. The van der Waals surface area contributed by atoms with Gasteiger partial charge in [0.15, 0.2) is 0 Å². The maximum absolute atomic E-state index is 8.75. The first-order chi connectivity index (χ1) is 22.9. The van der Waals surface area contributed by atoms with Crippen LogP contribution in [0, 0.1) is 11.8 Å². The molecule has 2 atom stereocenters. The van der Waals surface area contributed by atoms with Crippen LogP contribution < -0.4 is 9.47 Å². The quantitative estimate of drug-likeness (QED) is 0.141. The van der Waals surface area contributed by atoms with Crippen LogP contribution in [0.2, 0.25) is 13.1 Å². The third-order valence-electron chi connectivity index (χ3n) is 10.6. The third-order valence-corrected chi connectivity index (χ3v) is 62.4. The van der Waals surface area contributed by atoms with Crippen molar-refractivity contribution in [1.29, 1.82) is 0 Å². The van der Waals surface area contributed by atoms with Crippen LogP contribution >= 0.6 is 17.0 Å². The van der Waals surface area contributed by atoms with Crippen LogP contribution in [0.5, 0.6) is 11.5 Å². The number of rotatable bonds is 11. The zero-order valence-electron chi connectivity index (χ0n) is 29.6. The maximum atomic E-state index is 8.75. The molecule has 6 rings (SSSR count). The van der Waals surface area contributed by atoms with Crippen LogP contribution in [0.4, 0.5) is 0 Å². The second kappa shape index (κ2) is 13.7. The van der Waals surface area contributed by atoms with Gasteiger partial charge in [0.25, 0.3) is 0 Å². The van der Waals surface area contributed by atoms with E-state index in [2.05, 4.69) is 114 Å². The molecule has 0 aromatic heterocycles. The van der Waals surface area contributed by atoms with Gasteiger partial charge < -0.3 is 0 Å². The fourth-order valence-electron chi connectivity index (χ4n) is 8.41. The van der Waals surface area contributed by atoms with Gasteiger partial charge in [0.05, 0.1) is 0 Å². The van der Waals surface area contributed by atoms with Crippen molar-refractivity contribution in [3.63, 3.8) is 0 Å². The minimum atomic E-state index is -4.92. The molecule has 0 fully saturated rings. The van der Waals surface area contributed by atoms with Gasteiger partial charge in [0.1, 0.15) is 0 Å². The van der Waals surface area contributed by atoms with Crippen LogP contribution in [-0.2, 0) is 15.6 Å². The average molecular weight is 776 g/mol. The number of methoxy groups -OCH3 is 2. The Morgan fingerprint density at radius 1 is 0.604 bits per heavy atom. The summed E-state index contributed by atoms with van der Waals surface area (Å²) in [5, 5.41) is 0. The van der Waals surface area contributed by atoms with Crippen LogP contribution in [0.25, 0.3) is 34.4 Å². The van der Waals surface area contributed by atoms with Gasteiger partial charge in [-0.1, -0.05) is 0 Å². The van der Waals surface area contributed by atoms with Crippen molar-refractivity contribution in [2.75, 3.05) is 14.2 Å². The molecule has 2 aliphatic rings. The van der Waals surface area contributed by atoms with Gasteiger partial charge in [0, 0.05) is 0 Å². The van der Waals surface area contributed by atoms with E-state index in [4.69, 9.17) is 26.5 Å². The Balaban J connectivity index is 1.58. The van der Waals surface area contributed by atoms with Crippen molar-refractivity contribution in [1.82, 2.24) is 0 Å². The molecular weight excluding hydrogens is 727 g/mol. The predicted molar refractivity (Wildman–Crippen MR) is 208 cm³/mol. The summed E-state index contributed by atoms with van der Waals surface area (Å²) in [6.07, 6.45) is 6.93. The first-order valence-electron chi connectivity index (χ1n) is 17.4. The monoisotopic (exact) mass is 773 g/mol. The molecular formula is C42H49Cl2O2SiZr. The van der Waals surface area contributed by atoms with E-state index in [1.54, 1.807) is 14.2 Å². The van der Waals surface area contributed by atoms with Gasteiger partial charge >= 0.3 is 299 Å². The summed E-state index contributed by atoms with van der Waals surface area (Å²) in [6.45, 7) is 14.2. The standard InChI is InChI=1S/2C20H21O.C2H7Si.2ClH.Zr/c2*1-14(2)11-15-12-17-5-4-6-19(20(17)13-15)16-7-9-18(21-3)10-8-16;1-3-2;;;/h2*4-10,12-14H,11H2,1-3H3;3H,1-2H3;2*1H;/q;;;;;+2/p-2. The molecule has 0 N–H and O–H groups in total. The molecule has 0 amide bonds. The number of halogens is 2. The Morgan fingerprint density at radius 2 is 0.979 bits per heavy atom. The average Bonchev–Trinajstić information content (AvgIpc) is 3.63. The van der Waals surface area contributed by atoms with E-state index in [1.807, 2.05) is 24.3 Å². The van der Waals surface area contributed by atoms with Gasteiger partial charge in [-0.05, 0) is 0 Å². The first-order valence-corrected chi connectivity index (χ1v) is 33.7. The Kier molecular flexibility index (Phi) is 10.2. The van der Waals surface area contributed by atoms with Crippen LogP contribution in [0.15, 0.2) is 96.1 Å². The molecule has 48 heavy (non-hydrogen) atoms. The summed E-state index contributed by atoms with van der Waals surface area (Å²) in [7, 11) is 20.9. The predicted octanol–water partition coefficient (Wildman–Crippen LogP) is 12.7. The molecule has 4 aromatic rings. The van der Waals surface area contributed by atoms with Crippen molar-refractivity contribution in [3.8, 4) is 33.8 Å². The zero-order valence-corrected chi connectivity index (χ0v) is 34.7. The molecule has 4 aromatic carbocycles. The van der Waals surface area contributed by atoms with Crippen molar-refractivity contribution in [3.05, 3.63) is 118 Å². The third kappa shape index (κ3) is 6.14. The van der Waals surface area contributed by atoms with Gasteiger partial charge in [-0.3, -0.25) is 0 Å². The zero-order chi connectivity index (χ0) is 34.4. The van der Waals surface area contributed by atoms with E-state index in [-0.39, 0.29) is 7.25 Å². The Morgan fingerprint density at radius 3 is 1.29 bits per heavy atom. The number of benzene rings is 4. The molecule has 0 saturated heterocycles. The van der Waals surface area contributed by atoms with Crippen LogP contribution in [0.3, 0.4) is 0 Å².